The van der Waals surface area contributed by atoms with Gasteiger partial charge in [0.2, 0.25) is 17.4 Å². The minimum atomic E-state index is -5.10. The van der Waals surface area contributed by atoms with E-state index in [1.54, 1.807) is 17.0 Å². The van der Waals surface area contributed by atoms with Crippen LogP contribution in [0.4, 0.5) is 24.5 Å². The summed E-state index contributed by atoms with van der Waals surface area (Å²) in [6.07, 6.45) is -2.85. The van der Waals surface area contributed by atoms with Gasteiger partial charge in [-0.25, -0.2) is 4.98 Å². The van der Waals surface area contributed by atoms with Crippen LogP contribution in [0.5, 0.6) is 0 Å². The highest BCUT2D eigenvalue weighted by atomic mass is 19.4. The van der Waals surface area contributed by atoms with Gasteiger partial charge in [-0.2, -0.15) is 13.2 Å². The van der Waals surface area contributed by atoms with Crippen molar-refractivity contribution >= 4 is 23.2 Å². The first kappa shape index (κ1) is 19.9. The zero-order valence-corrected chi connectivity index (χ0v) is 15.0. The van der Waals surface area contributed by atoms with Crippen molar-refractivity contribution < 1.29 is 27.9 Å². The van der Waals surface area contributed by atoms with E-state index < -0.39 is 29.9 Å². The van der Waals surface area contributed by atoms with Crippen molar-refractivity contribution in [3.63, 3.8) is 0 Å². The summed E-state index contributed by atoms with van der Waals surface area (Å²) in [6, 6.07) is 6.27. The van der Waals surface area contributed by atoms with Crippen LogP contribution in [0.1, 0.15) is 25.1 Å². The Labute approximate surface area is 158 Å². The Morgan fingerprint density at radius 3 is 2.68 bits per heavy atom. The van der Waals surface area contributed by atoms with Crippen molar-refractivity contribution in [1.82, 2.24) is 9.55 Å². The number of rotatable bonds is 5. The van der Waals surface area contributed by atoms with Crippen LogP contribution in [-0.4, -0.2) is 39.2 Å². The quantitative estimate of drug-likeness (QED) is 0.812. The maximum Gasteiger partial charge on any atom is 0.425 e. The highest BCUT2D eigenvalue weighted by Gasteiger charge is 2.58. The highest BCUT2D eigenvalue weighted by Crippen LogP contribution is 2.41. The molecule has 10 heteroatoms. The number of anilines is 2. The molecular weight excluding hydrogens is 377 g/mol. The molecule has 2 amide bonds. The molecule has 2 N–H and O–H groups in total. The number of aliphatic hydroxyl groups is 1. The monoisotopic (exact) mass is 396 g/mol. The average Bonchev–Trinajstić information content (AvgIpc) is 3.22. The van der Waals surface area contributed by atoms with E-state index in [0.717, 1.165) is 17.2 Å². The smallest absolute Gasteiger partial charge is 0.374 e. The molecule has 1 aromatic carbocycles. The summed E-state index contributed by atoms with van der Waals surface area (Å²) in [7, 11) is 1.30. The largest absolute Gasteiger partial charge is 0.425 e. The van der Waals surface area contributed by atoms with Gasteiger partial charge in [0.25, 0.3) is 0 Å². The first-order chi connectivity index (χ1) is 13.1. The van der Waals surface area contributed by atoms with Gasteiger partial charge < -0.3 is 19.9 Å². The number of nitrogens with one attached hydrogen (secondary N) is 1. The maximum absolute atomic E-state index is 13.5. The molecule has 0 unspecified atom stereocenters. The molecule has 0 bridgehead atoms. The summed E-state index contributed by atoms with van der Waals surface area (Å²) in [6.45, 7) is 0.545. The molecule has 0 aliphatic carbocycles. The standard InChI is InChI=1S/C18H19F3N4O3/c1-24-9-7-22-16(24)17(28,18(19,20)21)11-14(26)23-12-4-2-5-13(10-12)25-8-3-6-15(25)27/h2,4-5,7,9-10,28H,3,6,8,11H2,1H3,(H,23,26)/t17-/m0/s1. The number of imidazole rings is 1. The van der Waals surface area contributed by atoms with Crippen LogP contribution in [0.2, 0.25) is 0 Å². The molecule has 1 atom stereocenters. The topological polar surface area (TPSA) is 87.5 Å². The van der Waals surface area contributed by atoms with E-state index in [4.69, 9.17) is 0 Å². The third-order valence-electron chi connectivity index (χ3n) is 4.59. The number of aromatic nitrogens is 2. The number of hydrogen-bond acceptors (Lipinski definition) is 4. The Bertz CT molecular complexity index is 896. The molecule has 0 saturated carbocycles. The second-order valence-corrected chi connectivity index (χ2v) is 6.64. The average molecular weight is 396 g/mol. The lowest BCUT2D eigenvalue weighted by Gasteiger charge is -2.29. The normalized spacial score (nSPS) is 16.9. The molecular formula is C18H19F3N4O3. The van der Waals surface area contributed by atoms with Gasteiger partial charge in [0.1, 0.15) is 0 Å². The molecule has 150 valence electrons. The molecule has 3 rings (SSSR count). The predicted octanol–water partition coefficient (Wildman–Crippen LogP) is 2.33. The number of nitrogens with zero attached hydrogens (tertiary/aromatic N) is 3. The molecule has 0 radical (unpaired) electrons. The second-order valence-electron chi connectivity index (χ2n) is 6.64. The van der Waals surface area contributed by atoms with E-state index in [0.29, 0.717) is 18.7 Å². The highest BCUT2D eigenvalue weighted by molar-refractivity contribution is 5.97. The predicted molar refractivity (Wildman–Crippen MR) is 94.4 cm³/mol. The Morgan fingerprint density at radius 2 is 2.11 bits per heavy atom. The van der Waals surface area contributed by atoms with Gasteiger partial charge in [-0.15, -0.1) is 0 Å². The first-order valence-electron chi connectivity index (χ1n) is 8.59. The van der Waals surface area contributed by atoms with Gasteiger partial charge in [0.05, 0.1) is 6.42 Å². The fourth-order valence-corrected chi connectivity index (χ4v) is 3.18. The molecule has 1 aromatic heterocycles. The Kier molecular flexibility index (Phi) is 5.16. The molecule has 7 nitrogen and oxygen atoms in total. The zero-order valence-electron chi connectivity index (χ0n) is 15.0. The third kappa shape index (κ3) is 3.72. The van der Waals surface area contributed by atoms with E-state index >= 15 is 0 Å². The van der Waals surface area contributed by atoms with Crippen LogP contribution >= 0.6 is 0 Å². The molecule has 0 spiro atoms. The lowest BCUT2D eigenvalue weighted by molar-refractivity contribution is -0.270. The Balaban J connectivity index is 1.79. The van der Waals surface area contributed by atoms with E-state index in [9.17, 15) is 27.9 Å². The summed E-state index contributed by atoms with van der Waals surface area (Å²) in [5, 5.41) is 12.6. The van der Waals surface area contributed by atoms with Crippen LogP contribution in [0.25, 0.3) is 0 Å². The molecule has 1 aliphatic heterocycles. The Hall–Kier alpha value is -2.88. The Morgan fingerprint density at radius 1 is 1.36 bits per heavy atom. The lowest BCUT2D eigenvalue weighted by Crippen LogP contribution is -2.46. The summed E-state index contributed by atoms with van der Waals surface area (Å²) < 4.78 is 41.6. The van der Waals surface area contributed by atoms with Gasteiger partial charge in [-0.3, -0.25) is 9.59 Å². The number of carbonyl (C=O) groups is 2. The molecule has 2 aromatic rings. The number of alkyl halides is 3. The molecule has 2 heterocycles. The van der Waals surface area contributed by atoms with Gasteiger partial charge >= 0.3 is 6.18 Å². The minimum absolute atomic E-state index is 0.0512. The maximum atomic E-state index is 13.5. The van der Waals surface area contributed by atoms with E-state index in [2.05, 4.69) is 10.3 Å². The van der Waals surface area contributed by atoms with Crippen LogP contribution in [0.15, 0.2) is 36.7 Å². The summed E-state index contributed by atoms with van der Waals surface area (Å²) in [4.78, 5) is 29.2. The number of aryl methyl sites for hydroxylation is 1. The number of benzene rings is 1. The summed E-state index contributed by atoms with van der Waals surface area (Å²) in [5.41, 5.74) is -2.65. The van der Waals surface area contributed by atoms with Gasteiger partial charge in [-0.05, 0) is 24.6 Å². The number of carbonyl (C=O) groups excluding carboxylic acids is 2. The fraction of sp³-hybridized carbons (Fsp3) is 0.389. The summed E-state index contributed by atoms with van der Waals surface area (Å²) >= 11 is 0. The number of halogens is 3. The zero-order chi connectivity index (χ0) is 20.5. The van der Waals surface area contributed by atoms with Crippen LogP contribution < -0.4 is 10.2 Å². The third-order valence-corrected chi connectivity index (χ3v) is 4.59. The van der Waals surface area contributed by atoms with Gasteiger partial charge in [0.15, 0.2) is 5.82 Å². The van der Waals surface area contributed by atoms with Crippen molar-refractivity contribution in [2.75, 3.05) is 16.8 Å². The molecule has 28 heavy (non-hydrogen) atoms. The fourth-order valence-electron chi connectivity index (χ4n) is 3.18. The van der Waals surface area contributed by atoms with Gasteiger partial charge in [-0.1, -0.05) is 6.07 Å². The second kappa shape index (κ2) is 7.27. The van der Waals surface area contributed by atoms with Crippen molar-refractivity contribution in [3.8, 4) is 0 Å². The molecule has 1 aliphatic rings. The number of amides is 2. The van der Waals surface area contributed by atoms with Crippen LogP contribution in [0, 0.1) is 0 Å². The SMILES string of the molecule is Cn1ccnc1[C@@](O)(CC(=O)Nc1cccc(N2CCCC2=O)c1)C(F)(F)F. The van der Waals surface area contributed by atoms with Crippen LogP contribution in [-0.2, 0) is 22.2 Å². The van der Waals surface area contributed by atoms with Crippen molar-refractivity contribution in [2.24, 2.45) is 7.05 Å². The van der Waals surface area contributed by atoms with Crippen molar-refractivity contribution in [3.05, 3.63) is 42.5 Å². The van der Waals surface area contributed by atoms with E-state index in [-0.39, 0.29) is 11.6 Å². The first-order valence-corrected chi connectivity index (χ1v) is 8.59. The summed E-state index contributed by atoms with van der Waals surface area (Å²) in [5.74, 6) is -1.76. The molecule has 1 saturated heterocycles. The van der Waals surface area contributed by atoms with E-state index in [1.807, 2.05) is 0 Å². The van der Waals surface area contributed by atoms with Gasteiger partial charge in [0, 0.05) is 43.8 Å². The van der Waals surface area contributed by atoms with Crippen molar-refractivity contribution in [1.29, 1.82) is 0 Å². The number of hydrogen-bond donors (Lipinski definition) is 2. The van der Waals surface area contributed by atoms with Crippen LogP contribution in [0.3, 0.4) is 0 Å². The molecule has 1 fully saturated rings. The lowest BCUT2D eigenvalue weighted by atomic mass is 9.97. The van der Waals surface area contributed by atoms with E-state index in [1.165, 1.54) is 25.4 Å². The minimum Gasteiger partial charge on any atom is -0.374 e. The van der Waals surface area contributed by atoms with Crippen molar-refractivity contribution in [2.45, 2.75) is 31.0 Å².